The summed E-state index contributed by atoms with van der Waals surface area (Å²) in [7, 11) is 3.54. The summed E-state index contributed by atoms with van der Waals surface area (Å²) >= 11 is 6.28. The number of likely N-dealkylation sites (tertiary alicyclic amines) is 1. The molecule has 0 aromatic heterocycles. The first-order chi connectivity index (χ1) is 12.4. The average Bonchev–Trinajstić information content (AvgIpc) is 2.65. The van der Waals surface area contributed by atoms with Gasteiger partial charge in [0.15, 0.2) is 5.96 Å². The van der Waals surface area contributed by atoms with Gasteiger partial charge >= 0.3 is 0 Å². The van der Waals surface area contributed by atoms with E-state index in [1.165, 1.54) is 18.4 Å². The molecule has 1 heterocycles. The molecule has 27 heavy (non-hydrogen) atoms. The molecule has 1 saturated heterocycles. The molecule has 0 amide bonds. The van der Waals surface area contributed by atoms with Gasteiger partial charge in [0.25, 0.3) is 0 Å². The summed E-state index contributed by atoms with van der Waals surface area (Å²) in [6.07, 6.45) is 2.38. The number of hydrogen-bond acceptors (Lipinski definition) is 3. The summed E-state index contributed by atoms with van der Waals surface area (Å²) < 4.78 is 5.44. The molecule has 0 bridgehead atoms. The van der Waals surface area contributed by atoms with Gasteiger partial charge in [-0.05, 0) is 57.3 Å². The second-order valence-electron chi connectivity index (χ2n) is 7.58. The van der Waals surface area contributed by atoms with Crippen LogP contribution in [-0.4, -0.2) is 56.8 Å². The molecule has 0 radical (unpaired) electrons. The monoisotopic (exact) mass is 508 g/mol. The van der Waals surface area contributed by atoms with Crippen LogP contribution in [0.4, 0.5) is 0 Å². The van der Waals surface area contributed by atoms with Gasteiger partial charge < -0.3 is 15.4 Å². The molecule has 7 heteroatoms. The second kappa shape index (κ2) is 12.1. The van der Waals surface area contributed by atoms with Gasteiger partial charge in [-0.2, -0.15) is 0 Å². The summed E-state index contributed by atoms with van der Waals surface area (Å²) in [4.78, 5) is 6.80. The maximum absolute atomic E-state index is 6.28. The summed E-state index contributed by atoms with van der Waals surface area (Å²) in [6, 6.07) is 8.13. The van der Waals surface area contributed by atoms with Gasteiger partial charge in [-0.1, -0.05) is 29.8 Å². The van der Waals surface area contributed by atoms with Crippen LogP contribution in [0.2, 0.25) is 5.02 Å². The van der Waals surface area contributed by atoms with E-state index in [1.807, 2.05) is 12.1 Å². The first-order valence-electron chi connectivity index (χ1n) is 9.39. The molecule has 154 valence electrons. The third-order valence-electron chi connectivity index (χ3n) is 5.07. The highest BCUT2D eigenvalue weighted by Crippen LogP contribution is 2.21. The molecule has 1 aliphatic heterocycles. The average molecular weight is 509 g/mol. The van der Waals surface area contributed by atoms with Gasteiger partial charge in [-0.3, -0.25) is 9.89 Å². The molecule has 0 atom stereocenters. The predicted octanol–water partition coefficient (Wildman–Crippen LogP) is 3.76. The van der Waals surface area contributed by atoms with Crippen molar-refractivity contribution in [3.63, 3.8) is 0 Å². The van der Waals surface area contributed by atoms with E-state index < -0.39 is 0 Å². The Balaban J connectivity index is 0.00000364. The van der Waals surface area contributed by atoms with E-state index in [9.17, 15) is 0 Å². The topological polar surface area (TPSA) is 48.9 Å². The fraction of sp³-hybridized carbons (Fsp3) is 0.650. The van der Waals surface area contributed by atoms with Crippen LogP contribution < -0.4 is 10.6 Å². The van der Waals surface area contributed by atoms with E-state index in [4.69, 9.17) is 16.3 Å². The number of guanidine groups is 1. The largest absolute Gasteiger partial charge is 0.377 e. The number of hydrogen-bond donors (Lipinski definition) is 2. The predicted molar refractivity (Wildman–Crippen MR) is 125 cm³/mol. The van der Waals surface area contributed by atoms with Gasteiger partial charge in [0.05, 0.1) is 5.60 Å². The molecule has 2 rings (SSSR count). The second-order valence-corrected chi connectivity index (χ2v) is 7.99. The van der Waals surface area contributed by atoms with Crippen molar-refractivity contribution < 1.29 is 4.74 Å². The lowest BCUT2D eigenvalue weighted by atomic mass is 9.96. The third kappa shape index (κ3) is 8.54. The Hall–Kier alpha value is -0.570. The highest BCUT2D eigenvalue weighted by atomic mass is 127. The molecular formula is C20H34ClIN4O. The first kappa shape index (κ1) is 24.5. The molecule has 2 N–H and O–H groups in total. The Bertz CT molecular complexity index is 589. The lowest BCUT2D eigenvalue weighted by Gasteiger charge is -2.32. The molecule has 1 fully saturated rings. The zero-order valence-corrected chi connectivity index (χ0v) is 20.0. The van der Waals surface area contributed by atoms with Crippen molar-refractivity contribution in [2.75, 3.05) is 40.3 Å². The molecule has 0 aliphatic carbocycles. The van der Waals surface area contributed by atoms with Crippen molar-refractivity contribution in [2.45, 2.75) is 38.8 Å². The van der Waals surface area contributed by atoms with Crippen LogP contribution in [0.15, 0.2) is 29.3 Å². The van der Waals surface area contributed by atoms with Crippen molar-refractivity contribution in [3.05, 3.63) is 34.9 Å². The minimum atomic E-state index is -0.207. The number of benzene rings is 1. The molecule has 0 unspecified atom stereocenters. The quantitative estimate of drug-likeness (QED) is 0.335. The van der Waals surface area contributed by atoms with Gasteiger partial charge in [0.1, 0.15) is 0 Å². The van der Waals surface area contributed by atoms with Gasteiger partial charge in [0, 0.05) is 38.8 Å². The van der Waals surface area contributed by atoms with Crippen LogP contribution >= 0.6 is 35.6 Å². The Morgan fingerprint density at radius 2 is 1.93 bits per heavy atom. The SMILES string of the molecule is CN=C(NCC1CCN(Cc2ccccc2Cl)CC1)NCC(C)(C)OC.I. The third-order valence-corrected chi connectivity index (χ3v) is 5.44. The normalized spacial score (nSPS) is 16.7. The Morgan fingerprint density at radius 3 is 2.52 bits per heavy atom. The van der Waals surface area contributed by atoms with Crippen molar-refractivity contribution in [2.24, 2.45) is 10.9 Å². The lowest BCUT2D eigenvalue weighted by Crippen LogP contribution is -2.47. The van der Waals surface area contributed by atoms with Crippen LogP contribution in [0.5, 0.6) is 0 Å². The molecule has 0 spiro atoms. The van der Waals surface area contributed by atoms with Crippen LogP contribution in [0, 0.1) is 5.92 Å². The van der Waals surface area contributed by atoms with E-state index in [1.54, 1.807) is 14.2 Å². The Morgan fingerprint density at radius 1 is 1.26 bits per heavy atom. The standard InChI is InChI=1S/C20H33ClN4O.HI/c1-20(2,26-4)15-24-19(22-3)23-13-16-9-11-25(12-10-16)14-17-7-5-6-8-18(17)21;/h5-8,16H,9-15H2,1-4H3,(H2,22,23,24);1H. The lowest BCUT2D eigenvalue weighted by molar-refractivity contribution is 0.0268. The number of aliphatic imine (C=N–C) groups is 1. The fourth-order valence-electron chi connectivity index (χ4n) is 3.05. The fourth-order valence-corrected chi connectivity index (χ4v) is 3.24. The molecule has 0 saturated carbocycles. The van der Waals surface area contributed by atoms with E-state index in [0.717, 1.165) is 43.7 Å². The maximum Gasteiger partial charge on any atom is 0.191 e. The summed E-state index contributed by atoms with van der Waals surface area (Å²) in [5.41, 5.74) is 1.01. The van der Waals surface area contributed by atoms with Crippen LogP contribution in [-0.2, 0) is 11.3 Å². The molecule has 1 aromatic rings. The van der Waals surface area contributed by atoms with E-state index >= 15 is 0 Å². The van der Waals surface area contributed by atoms with Crippen molar-refractivity contribution in [3.8, 4) is 0 Å². The minimum absolute atomic E-state index is 0. The summed E-state index contributed by atoms with van der Waals surface area (Å²) in [6.45, 7) is 8.95. The van der Waals surface area contributed by atoms with Crippen LogP contribution in [0.3, 0.4) is 0 Å². The smallest absolute Gasteiger partial charge is 0.191 e. The molecule has 1 aliphatic rings. The van der Waals surface area contributed by atoms with Crippen LogP contribution in [0.25, 0.3) is 0 Å². The zero-order chi connectivity index (χ0) is 19.0. The molecule has 5 nitrogen and oxygen atoms in total. The highest BCUT2D eigenvalue weighted by molar-refractivity contribution is 14.0. The number of rotatable bonds is 7. The van der Waals surface area contributed by atoms with Crippen LogP contribution in [0.1, 0.15) is 32.3 Å². The Labute approximate surface area is 186 Å². The first-order valence-corrected chi connectivity index (χ1v) is 9.77. The number of piperidine rings is 1. The number of nitrogens with zero attached hydrogens (tertiary/aromatic N) is 2. The van der Waals surface area contributed by atoms with Crippen molar-refractivity contribution in [1.82, 2.24) is 15.5 Å². The maximum atomic E-state index is 6.28. The molecule has 1 aromatic carbocycles. The highest BCUT2D eigenvalue weighted by Gasteiger charge is 2.21. The molecular weight excluding hydrogens is 475 g/mol. The van der Waals surface area contributed by atoms with E-state index in [2.05, 4.69) is 46.5 Å². The number of halogens is 2. The van der Waals surface area contributed by atoms with E-state index in [0.29, 0.717) is 5.92 Å². The summed E-state index contributed by atoms with van der Waals surface area (Å²) in [5, 5.41) is 7.66. The van der Waals surface area contributed by atoms with E-state index in [-0.39, 0.29) is 29.6 Å². The van der Waals surface area contributed by atoms with Crippen molar-refractivity contribution >= 4 is 41.5 Å². The Kier molecular flexibility index (Phi) is 11.0. The van der Waals surface area contributed by atoms with Gasteiger partial charge in [0.2, 0.25) is 0 Å². The number of ether oxygens (including phenoxy) is 1. The van der Waals surface area contributed by atoms with Crippen molar-refractivity contribution in [1.29, 1.82) is 0 Å². The summed E-state index contributed by atoms with van der Waals surface area (Å²) in [5.74, 6) is 1.51. The number of nitrogens with one attached hydrogen (secondary N) is 2. The number of methoxy groups -OCH3 is 1. The van der Waals surface area contributed by atoms with Gasteiger partial charge in [-0.15, -0.1) is 24.0 Å². The minimum Gasteiger partial charge on any atom is -0.377 e. The zero-order valence-electron chi connectivity index (χ0n) is 16.9. The van der Waals surface area contributed by atoms with Gasteiger partial charge in [-0.25, -0.2) is 0 Å².